The van der Waals surface area contributed by atoms with E-state index in [0.29, 0.717) is 17.0 Å². The van der Waals surface area contributed by atoms with Crippen LogP contribution in [0.25, 0.3) is 5.65 Å². The Morgan fingerprint density at radius 3 is 2.67 bits per heavy atom. The van der Waals surface area contributed by atoms with Crippen molar-refractivity contribution in [1.29, 1.82) is 0 Å². The topological polar surface area (TPSA) is 88.3 Å². The van der Waals surface area contributed by atoms with E-state index in [9.17, 15) is 4.79 Å². The van der Waals surface area contributed by atoms with Crippen LogP contribution in [-0.4, -0.2) is 43.8 Å². The van der Waals surface area contributed by atoms with Crippen LogP contribution in [0, 0.1) is 0 Å². The second-order valence-electron chi connectivity index (χ2n) is 5.69. The van der Waals surface area contributed by atoms with Gasteiger partial charge in [-0.3, -0.25) is 9.78 Å². The lowest BCUT2D eigenvalue weighted by atomic mass is 10.2. The van der Waals surface area contributed by atoms with Crippen molar-refractivity contribution in [3.63, 3.8) is 0 Å². The summed E-state index contributed by atoms with van der Waals surface area (Å²) in [6, 6.07) is 7.21. The largest absolute Gasteiger partial charge is 0.355 e. The summed E-state index contributed by atoms with van der Waals surface area (Å²) in [5, 5.41) is 15.7. The maximum Gasteiger partial charge on any atom is 0.251 e. The molecule has 3 aromatic rings. The van der Waals surface area contributed by atoms with E-state index >= 15 is 0 Å². The summed E-state index contributed by atoms with van der Waals surface area (Å²) in [5.74, 6) is 1.35. The van der Waals surface area contributed by atoms with Gasteiger partial charge in [-0.15, -0.1) is 15.3 Å². The van der Waals surface area contributed by atoms with Crippen molar-refractivity contribution < 1.29 is 4.79 Å². The highest BCUT2D eigenvalue weighted by molar-refractivity contribution is 5.93. The smallest absolute Gasteiger partial charge is 0.251 e. The number of nitrogens with one attached hydrogen (secondary N) is 1. The van der Waals surface area contributed by atoms with Crippen molar-refractivity contribution in [2.24, 2.45) is 0 Å². The maximum absolute atomic E-state index is 12.1. The Morgan fingerprint density at radius 2 is 1.88 bits per heavy atom. The second kappa shape index (κ2) is 6.23. The van der Waals surface area contributed by atoms with E-state index in [0.717, 1.165) is 18.9 Å². The van der Waals surface area contributed by atoms with Gasteiger partial charge < -0.3 is 10.2 Å². The first kappa shape index (κ1) is 14.6. The standard InChI is InChI=1S/C16H17N7O/c24-16(12-5-7-17-8-6-12)18-11-15-20-19-13-3-4-14(21-23(13)15)22-9-1-2-10-22/h3-8H,1-2,9-11H2,(H,18,24). The van der Waals surface area contributed by atoms with Crippen LogP contribution in [0.4, 0.5) is 5.82 Å². The minimum absolute atomic E-state index is 0.176. The van der Waals surface area contributed by atoms with Gasteiger partial charge in [0.15, 0.2) is 11.5 Å². The molecule has 122 valence electrons. The molecule has 1 N–H and O–H groups in total. The molecular weight excluding hydrogens is 306 g/mol. The van der Waals surface area contributed by atoms with Crippen LogP contribution in [-0.2, 0) is 6.54 Å². The molecule has 8 heteroatoms. The van der Waals surface area contributed by atoms with Crippen molar-refractivity contribution in [3.05, 3.63) is 48.0 Å². The molecule has 4 rings (SSSR count). The number of pyridine rings is 1. The average molecular weight is 323 g/mol. The number of carbonyl (C=O) groups is 1. The van der Waals surface area contributed by atoms with E-state index in [4.69, 9.17) is 0 Å². The van der Waals surface area contributed by atoms with E-state index in [1.54, 1.807) is 29.0 Å². The van der Waals surface area contributed by atoms with E-state index in [1.165, 1.54) is 12.8 Å². The number of hydrogen-bond donors (Lipinski definition) is 1. The number of hydrogen-bond acceptors (Lipinski definition) is 6. The van der Waals surface area contributed by atoms with Crippen molar-refractivity contribution >= 4 is 17.4 Å². The molecule has 1 aliphatic heterocycles. The number of nitrogens with zero attached hydrogens (tertiary/aromatic N) is 6. The lowest BCUT2D eigenvalue weighted by molar-refractivity contribution is 0.0949. The molecular formula is C16H17N7O. The monoisotopic (exact) mass is 323 g/mol. The van der Waals surface area contributed by atoms with Gasteiger partial charge in [0.2, 0.25) is 0 Å². The van der Waals surface area contributed by atoms with Crippen molar-refractivity contribution in [1.82, 2.24) is 30.1 Å². The van der Waals surface area contributed by atoms with Gasteiger partial charge in [-0.2, -0.15) is 4.52 Å². The Morgan fingerprint density at radius 1 is 1.08 bits per heavy atom. The summed E-state index contributed by atoms with van der Waals surface area (Å²) >= 11 is 0. The van der Waals surface area contributed by atoms with Gasteiger partial charge in [-0.25, -0.2) is 0 Å². The maximum atomic E-state index is 12.1. The summed E-state index contributed by atoms with van der Waals surface area (Å²) < 4.78 is 1.69. The molecule has 24 heavy (non-hydrogen) atoms. The molecule has 0 radical (unpaired) electrons. The Bertz CT molecular complexity index is 855. The Kier molecular flexibility index (Phi) is 3.78. The number of carbonyl (C=O) groups excluding carboxylic acids is 1. The third-order valence-corrected chi connectivity index (χ3v) is 4.09. The predicted molar refractivity (Wildman–Crippen MR) is 87.6 cm³/mol. The molecule has 1 amide bonds. The van der Waals surface area contributed by atoms with Crippen LogP contribution in [0.2, 0.25) is 0 Å². The third-order valence-electron chi connectivity index (χ3n) is 4.09. The normalized spacial score (nSPS) is 14.2. The van der Waals surface area contributed by atoms with E-state index in [1.807, 2.05) is 12.1 Å². The van der Waals surface area contributed by atoms with Crippen LogP contribution in [0.1, 0.15) is 29.0 Å². The molecule has 4 heterocycles. The Hall–Kier alpha value is -3.03. The summed E-state index contributed by atoms with van der Waals surface area (Å²) in [7, 11) is 0. The average Bonchev–Trinajstić information content (AvgIpc) is 3.30. The fourth-order valence-electron chi connectivity index (χ4n) is 2.81. The number of rotatable bonds is 4. The Balaban J connectivity index is 1.53. The molecule has 3 aromatic heterocycles. The van der Waals surface area contributed by atoms with Crippen LogP contribution in [0.3, 0.4) is 0 Å². The van der Waals surface area contributed by atoms with Gasteiger partial charge in [0, 0.05) is 31.0 Å². The zero-order valence-electron chi connectivity index (χ0n) is 13.1. The van der Waals surface area contributed by atoms with E-state index in [-0.39, 0.29) is 12.5 Å². The predicted octanol–water partition coefficient (Wildman–Crippen LogP) is 1.05. The molecule has 0 aliphatic carbocycles. The fraction of sp³-hybridized carbons (Fsp3) is 0.312. The summed E-state index contributed by atoms with van der Waals surface area (Å²) in [6.07, 6.45) is 5.56. The second-order valence-corrected chi connectivity index (χ2v) is 5.69. The molecule has 0 saturated carbocycles. The van der Waals surface area contributed by atoms with E-state index < -0.39 is 0 Å². The summed E-state index contributed by atoms with van der Waals surface area (Å²) in [6.45, 7) is 2.31. The van der Waals surface area contributed by atoms with Crippen LogP contribution >= 0.6 is 0 Å². The molecule has 1 saturated heterocycles. The molecule has 0 spiro atoms. The van der Waals surface area contributed by atoms with Crippen LogP contribution in [0.5, 0.6) is 0 Å². The molecule has 0 aromatic carbocycles. The fourth-order valence-corrected chi connectivity index (χ4v) is 2.81. The molecule has 1 aliphatic rings. The third kappa shape index (κ3) is 2.78. The molecule has 0 atom stereocenters. The number of amides is 1. The van der Waals surface area contributed by atoms with Gasteiger partial charge in [0.1, 0.15) is 5.82 Å². The summed E-state index contributed by atoms with van der Waals surface area (Å²) in [4.78, 5) is 18.3. The van der Waals surface area contributed by atoms with Gasteiger partial charge in [0.05, 0.1) is 6.54 Å². The first-order chi connectivity index (χ1) is 11.8. The number of aromatic nitrogens is 5. The first-order valence-corrected chi connectivity index (χ1v) is 7.96. The van der Waals surface area contributed by atoms with Crippen LogP contribution < -0.4 is 10.2 Å². The van der Waals surface area contributed by atoms with Crippen molar-refractivity contribution in [2.75, 3.05) is 18.0 Å². The zero-order valence-corrected chi connectivity index (χ0v) is 13.1. The SMILES string of the molecule is O=C(NCc1nnc2ccc(N3CCCC3)nn12)c1ccncc1. The van der Waals surface area contributed by atoms with Gasteiger partial charge >= 0.3 is 0 Å². The van der Waals surface area contributed by atoms with Gasteiger partial charge in [-0.05, 0) is 37.1 Å². The van der Waals surface area contributed by atoms with Gasteiger partial charge in [0.25, 0.3) is 5.91 Å². The zero-order chi connectivity index (χ0) is 16.4. The number of anilines is 1. The van der Waals surface area contributed by atoms with Crippen molar-refractivity contribution in [3.8, 4) is 0 Å². The van der Waals surface area contributed by atoms with Crippen LogP contribution in [0.15, 0.2) is 36.7 Å². The lowest BCUT2D eigenvalue weighted by Crippen LogP contribution is -2.25. The van der Waals surface area contributed by atoms with E-state index in [2.05, 4.69) is 30.5 Å². The molecule has 0 bridgehead atoms. The van der Waals surface area contributed by atoms with Gasteiger partial charge in [-0.1, -0.05) is 0 Å². The first-order valence-electron chi connectivity index (χ1n) is 7.96. The highest BCUT2D eigenvalue weighted by Crippen LogP contribution is 2.18. The molecule has 8 nitrogen and oxygen atoms in total. The molecule has 1 fully saturated rings. The highest BCUT2D eigenvalue weighted by Gasteiger charge is 2.16. The molecule has 0 unspecified atom stereocenters. The minimum atomic E-state index is -0.176. The Labute approximate surface area is 138 Å². The lowest BCUT2D eigenvalue weighted by Gasteiger charge is -2.15. The van der Waals surface area contributed by atoms with Crippen molar-refractivity contribution in [2.45, 2.75) is 19.4 Å². The quantitative estimate of drug-likeness (QED) is 0.772. The number of fused-ring (bicyclic) bond motifs is 1. The summed E-state index contributed by atoms with van der Waals surface area (Å²) in [5.41, 5.74) is 1.23. The highest BCUT2D eigenvalue weighted by atomic mass is 16.1. The minimum Gasteiger partial charge on any atom is -0.355 e.